The van der Waals surface area contributed by atoms with Gasteiger partial charge in [0.15, 0.2) is 0 Å². The topological polar surface area (TPSA) is 18.5 Å². The second kappa shape index (κ2) is 16.3. The zero-order valence-electron chi connectivity index (χ0n) is 5.17. The Bertz CT molecular complexity index is 35.7. The fourth-order valence-corrected chi connectivity index (χ4v) is 0.136. The van der Waals surface area contributed by atoms with E-state index in [4.69, 9.17) is 0 Å². The van der Waals surface area contributed by atoms with Gasteiger partial charge in [-0.25, -0.2) is 0 Å². The Balaban J connectivity index is 0. The van der Waals surface area contributed by atoms with Crippen LogP contribution in [-0.2, 0) is 23.4 Å². The maximum atomic E-state index is 4.60. The van der Waals surface area contributed by atoms with Gasteiger partial charge < -0.3 is 9.47 Å². The molecule has 0 rings (SSSR count). The summed E-state index contributed by atoms with van der Waals surface area (Å²) in [5.41, 5.74) is 0. The molecule has 0 aliphatic rings. The van der Waals surface area contributed by atoms with E-state index in [9.17, 15) is 0 Å². The summed E-state index contributed by atoms with van der Waals surface area (Å²) in [5, 5.41) is 0. The molecular formula is C4H9Br2O2Pd-. The van der Waals surface area contributed by atoms with E-state index in [1.807, 2.05) is 0 Å². The van der Waals surface area contributed by atoms with Gasteiger partial charge in [0.05, 0.1) is 0 Å². The predicted molar refractivity (Wildman–Crippen MR) is 41.0 cm³/mol. The Morgan fingerprint density at radius 2 is 1.89 bits per heavy atom. The van der Waals surface area contributed by atoms with E-state index in [1.165, 1.54) is 0 Å². The number of hydrogen-bond donors (Lipinski definition) is 0. The molecule has 0 unspecified atom stereocenters. The number of hydrogen-bond acceptors (Lipinski definition) is 2. The van der Waals surface area contributed by atoms with E-state index in [2.05, 4.69) is 36.3 Å². The molecule has 5 heteroatoms. The molecule has 0 spiro atoms. The molecule has 0 bridgehead atoms. The van der Waals surface area contributed by atoms with Crippen molar-refractivity contribution in [3.8, 4) is 0 Å². The summed E-state index contributed by atoms with van der Waals surface area (Å²) >= 11 is 6.80. The maximum absolute atomic E-state index is 4.60. The normalized spacial score (nSPS) is 8.44. The molecule has 0 aromatic rings. The van der Waals surface area contributed by atoms with Crippen molar-refractivity contribution in [3.63, 3.8) is 0 Å². The molecule has 0 aliphatic carbocycles. The molecule has 0 saturated heterocycles. The fraction of sp³-hybridized carbons (Fsp3) is 0.750. The van der Waals surface area contributed by atoms with Crippen LogP contribution in [0, 0.1) is 6.61 Å². The van der Waals surface area contributed by atoms with E-state index in [0.717, 1.165) is 0 Å². The molecule has 0 aromatic heterocycles. The summed E-state index contributed by atoms with van der Waals surface area (Å²) in [7, 11) is 3.22. The molecular weight excluding hydrogens is 346 g/mol. The Hall–Kier alpha value is 1.54. The van der Waals surface area contributed by atoms with E-state index in [1.54, 1.807) is 20.8 Å². The first-order chi connectivity index (χ1) is 4.33. The number of rotatable bonds is 3. The summed E-state index contributed by atoms with van der Waals surface area (Å²) in [5.74, 6) is 0. The van der Waals surface area contributed by atoms with Crippen molar-refractivity contribution >= 4 is 26.9 Å². The van der Waals surface area contributed by atoms with Crippen LogP contribution in [-0.4, -0.2) is 20.8 Å². The second-order valence-corrected chi connectivity index (χ2v) is 8.07. The standard InChI is InChI=1S/C4H9O2.2BrH.Pd/c1-5-3-4-6-2;;;/h3H,4H2,1-2H3;2*1H;/q-1;;;+2/p-2. The Labute approximate surface area is 77.3 Å². The molecule has 0 saturated carbocycles. The van der Waals surface area contributed by atoms with Crippen LogP contribution in [0.25, 0.3) is 0 Å². The Morgan fingerprint density at radius 1 is 1.44 bits per heavy atom. The van der Waals surface area contributed by atoms with Gasteiger partial charge in [0.2, 0.25) is 0 Å². The van der Waals surface area contributed by atoms with Gasteiger partial charge in [0.1, 0.15) is 0 Å². The van der Waals surface area contributed by atoms with Gasteiger partial charge in [0, 0.05) is 7.11 Å². The van der Waals surface area contributed by atoms with Crippen LogP contribution in [0.5, 0.6) is 0 Å². The van der Waals surface area contributed by atoms with E-state index < -0.39 is 0 Å². The summed E-state index contributed by atoms with van der Waals surface area (Å²) in [4.78, 5) is 0. The van der Waals surface area contributed by atoms with Crippen molar-refractivity contribution in [2.75, 3.05) is 20.8 Å². The third-order valence-electron chi connectivity index (χ3n) is 0.401. The van der Waals surface area contributed by atoms with Gasteiger partial charge in [-0.2, -0.15) is 6.61 Å². The molecule has 0 radical (unpaired) electrons. The van der Waals surface area contributed by atoms with Crippen LogP contribution >= 0.6 is 26.9 Å². The van der Waals surface area contributed by atoms with Crippen molar-refractivity contribution in [1.82, 2.24) is 0 Å². The SMILES string of the molecule is CO[CH-]COC.[Br][Pd][Br]. The number of ether oxygens (including phenoxy) is 2. The average Bonchev–Trinajstić information content (AvgIpc) is 1.86. The summed E-state index contributed by atoms with van der Waals surface area (Å²) in [6, 6.07) is 0. The van der Waals surface area contributed by atoms with Crippen molar-refractivity contribution in [2.45, 2.75) is 0 Å². The predicted octanol–water partition coefficient (Wildman–Crippen LogP) is 2.13. The number of methoxy groups -OCH3 is 2. The summed E-state index contributed by atoms with van der Waals surface area (Å²) in [6.45, 7) is 2.15. The molecule has 0 amide bonds. The van der Waals surface area contributed by atoms with Crippen molar-refractivity contribution in [3.05, 3.63) is 6.61 Å². The third-order valence-corrected chi connectivity index (χ3v) is 0.401. The molecule has 2 nitrogen and oxygen atoms in total. The van der Waals surface area contributed by atoms with Crippen molar-refractivity contribution in [2.24, 2.45) is 0 Å². The van der Waals surface area contributed by atoms with Crippen LogP contribution in [0.4, 0.5) is 0 Å². The monoisotopic (exact) mass is 353 g/mol. The van der Waals surface area contributed by atoms with Crippen LogP contribution in [0.1, 0.15) is 0 Å². The van der Waals surface area contributed by atoms with E-state index >= 15 is 0 Å². The first kappa shape index (κ1) is 13.2. The minimum absolute atomic E-state index is 0.566. The summed E-state index contributed by atoms with van der Waals surface area (Å²) < 4.78 is 9.13. The van der Waals surface area contributed by atoms with Gasteiger partial charge in [-0.3, -0.25) is 0 Å². The fourth-order valence-electron chi connectivity index (χ4n) is 0.136. The quantitative estimate of drug-likeness (QED) is 0.439. The van der Waals surface area contributed by atoms with Gasteiger partial charge in [-0.1, -0.05) is 6.61 Å². The second-order valence-electron chi connectivity index (χ2n) is 0.903. The molecule has 0 fully saturated rings. The Morgan fingerprint density at radius 3 is 2.00 bits per heavy atom. The molecule has 0 heterocycles. The van der Waals surface area contributed by atoms with Gasteiger partial charge in [-0.05, 0) is 7.11 Å². The van der Waals surface area contributed by atoms with Gasteiger partial charge >= 0.3 is 40.8 Å². The molecule has 0 N–H and O–H groups in total. The van der Waals surface area contributed by atoms with Crippen LogP contribution in [0.15, 0.2) is 0 Å². The number of halogens is 2. The molecule has 0 aromatic carbocycles. The summed E-state index contributed by atoms with van der Waals surface area (Å²) in [6.07, 6.45) is 0. The van der Waals surface area contributed by atoms with Gasteiger partial charge in [0.25, 0.3) is 0 Å². The van der Waals surface area contributed by atoms with Crippen LogP contribution in [0.3, 0.4) is 0 Å². The first-order valence-corrected chi connectivity index (χ1v) is 9.10. The van der Waals surface area contributed by atoms with Crippen molar-refractivity contribution in [1.29, 1.82) is 0 Å². The van der Waals surface area contributed by atoms with E-state index in [0.29, 0.717) is 20.6 Å². The Kier molecular flexibility index (Phi) is 23.8. The average molecular weight is 355 g/mol. The first-order valence-electron chi connectivity index (χ1n) is 1.99. The molecule has 62 valence electrons. The van der Waals surface area contributed by atoms with Gasteiger partial charge in [-0.15, -0.1) is 0 Å². The molecule has 0 atom stereocenters. The van der Waals surface area contributed by atoms with Crippen LogP contribution in [0.2, 0.25) is 0 Å². The third kappa shape index (κ3) is 26.3. The minimum atomic E-state index is 0.566. The van der Waals surface area contributed by atoms with E-state index in [-0.39, 0.29) is 0 Å². The van der Waals surface area contributed by atoms with Crippen LogP contribution < -0.4 is 0 Å². The molecule has 0 aliphatic heterocycles. The zero-order valence-corrected chi connectivity index (χ0v) is 9.90. The van der Waals surface area contributed by atoms with Crippen molar-refractivity contribution < 1.29 is 23.4 Å². The zero-order chi connectivity index (χ0) is 7.54. The molecule has 9 heavy (non-hydrogen) atoms.